The molecule has 24 heavy (non-hydrogen) atoms. The summed E-state index contributed by atoms with van der Waals surface area (Å²) in [6.45, 7) is 2.36. The first-order valence-corrected chi connectivity index (χ1v) is 10.00. The number of rotatable bonds is 6. The van der Waals surface area contributed by atoms with E-state index in [0.717, 1.165) is 25.7 Å². The fourth-order valence-electron chi connectivity index (χ4n) is 3.49. The van der Waals surface area contributed by atoms with E-state index >= 15 is 0 Å². The average Bonchev–Trinajstić information content (AvgIpc) is 2.54. The van der Waals surface area contributed by atoms with Crippen molar-refractivity contribution in [2.45, 2.75) is 56.8 Å². The molecule has 0 radical (unpaired) electrons. The van der Waals surface area contributed by atoms with Crippen molar-refractivity contribution in [1.29, 1.82) is 0 Å². The zero-order valence-corrected chi connectivity index (χ0v) is 15.0. The van der Waals surface area contributed by atoms with Crippen LogP contribution in [0.25, 0.3) is 0 Å². The predicted octanol–water partition coefficient (Wildman–Crippen LogP) is 2.13. The first kappa shape index (κ1) is 18.9. The Balaban J connectivity index is 2.14. The normalized spacial score (nSPS) is 17.5. The van der Waals surface area contributed by atoms with Gasteiger partial charge in [-0.15, -0.1) is 0 Å². The second kappa shape index (κ2) is 7.63. The highest BCUT2D eigenvalue weighted by molar-refractivity contribution is 7.89. The molecule has 1 amide bonds. The van der Waals surface area contributed by atoms with Gasteiger partial charge in [0.15, 0.2) is 0 Å². The van der Waals surface area contributed by atoms with Gasteiger partial charge in [-0.2, -0.15) is 0 Å². The standard InChI is InChI=1S/C17H27N3O3S/c1-2-13-6-7-14(10-15(13)24(19,22)23)20-16(21)11-17(12-18)8-4-3-5-9-17/h6-7,10H,2-5,8-9,11-12,18H2,1H3,(H,20,21)(H2,19,22,23). The van der Waals surface area contributed by atoms with Crippen molar-refractivity contribution in [3.05, 3.63) is 23.8 Å². The molecule has 1 aliphatic carbocycles. The van der Waals surface area contributed by atoms with Crippen LogP contribution < -0.4 is 16.2 Å². The van der Waals surface area contributed by atoms with Crippen molar-refractivity contribution < 1.29 is 13.2 Å². The fraction of sp³-hybridized carbons (Fsp3) is 0.588. The highest BCUT2D eigenvalue weighted by Gasteiger charge is 2.33. The van der Waals surface area contributed by atoms with E-state index in [1.165, 1.54) is 12.5 Å². The second-order valence-electron chi connectivity index (χ2n) is 6.71. The number of anilines is 1. The van der Waals surface area contributed by atoms with Crippen LogP contribution in [0.15, 0.2) is 23.1 Å². The van der Waals surface area contributed by atoms with Crippen LogP contribution in [0.1, 0.15) is 51.0 Å². The molecule has 0 saturated heterocycles. The maximum atomic E-state index is 12.4. The third kappa shape index (κ3) is 4.55. The largest absolute Gasteiger partial charge is 0.330 e. The molecule has 1 saturated carbocycles. The summed E-state index contributed by atoms with van der Waals surface area (Å²) in [5.41, 5.74) is 6.88. The van der Waals surface area contributed by atoms with E-state index < -0.39 is 10.0 Å². The smallest absolute Gasteiger partial charge is 0.238 e. The number of hydrogen-bond acceptors (Lipinski definition) is 4. The SMILES string of the molecule is CCc1ccc(NC(=O)CC2(CN)CCCCC2)cc1S(N)(=O)=O. The van der Waals surface area contributed by atoms with Gasteiger partial charge in [0, 0.05) is 12.1 Å². The van der Waals surface area contributed by atoms with E-state index in [1.807, 2.05) is 6.92 Å². The summed E-state index contributed by atoms with van der Waals surface area (Å²) < 4.78 is 23.4. The summed E-state index contributed by atoms with van der Waals surface area (Å²) in [5.74, 6) is -0.132. The van der Waals surface area contributed by atoms with Gasteiger partial charge in [0.05, 0.1) is 4.90 Å². The van der Waals surface area contributed by atoms with E-state index in [4.69, 9.17) is 10.9 Å². The minimum atomic E-state index is -3.82. The van der Waals surface area contributed by atoms with Gasteiger partial charge in [0.2, 0.25) is 15.9 Å². The monoisotopic (exact) mass is 353 g/mol. The number of benzene rings is 1. The zero-order chi connectivity index (χ0) is 17.8. The summed E-state index contributed by atoms with van der Waals surface area (Å²) in [4.78, 5) is 12.5. The summed E-state index contributed by atoms with van der Waals surface area (Å²) in [6, 6.07) is 4.83. The second-order valence-corrected chi connectivity index (χ2v) is 8.24. The lowest BCUT2D eigenvalue weighted by molar-refractivity contribution is -0.118. The molecular formula is C17H27N3O3S. The molecular weight excluding hydrogens is 326 g/mol. The van der Waals surface area contributed by atoms with Crippen LogP contribution in [0.3, 0.4) is 0 Å². The summed E-state index contributed by atoms with van der Waals surface area (Å²) in [7, 11) is -3.82. The molecule has 0 aliphatic heterocycles. The molecule has 1 aromatic carbocycles. The summed E-state index contributed by atoms with van der Waals surface area (Å²) >= 11 is 0. The minimum Gasteiger partial charge on any atom is -0.330 e. The van der Waals surface area contributed by atoms with Gasteiger partial charge in [0.1, 0.15) is 0 Å². The van der Waals surface area contributed by atoms with Crippen molar-refractivity contribution in [3.63, 3.8) is 0 Å². The van der Waals surface area contributed by atoms with Crippen LogP contribution in [0.2, 0.25) is 0 Å². The lowest BCUT2D eigenvalue weighted by Gasteiger charge is -2.35. The zero-order valence-electron chi connectivity index (χ0n) is 14.2. The van der Waals surface area contributed by atoms with Crippen LogP contribution in [0.5, 0.6) is 0 Å². The topological polar surface area (TPSA) is 115 Å². The molecule has 5 N–H and O–H groups in total. The lowest BCUT2D eigenvalue weighted by Crippen LogP contribution is -2.36. The van der Waals surface area contributed by atoms with E-state index in [2.05, 4.69) is 5.32 Å². The fourth-order valence-corrected chi connectivity index (χ4v) is 4.36. The van der Waals surface area contributed by atoms with Gasteiger partial charge in [0.25, 0.3) is 0 Å². The molecule has 0 spiro atoms. The molecule has 0 heterocycles. The number of nitrogens with one attached hydrogen (secondary N) is 1. The van der Waals surface area contributed by atoms with Crippen molar-refractivity contribution >= 4 is 21.6 Å². The van der Waals surface area contributed by atoms with Gasteiger partial charge >= 0.3 is 0 Å². The molecule has 2 rings (SSSR count). The predicted molar refractivity (Wildman–Crippen MR) is 95.0 cm³/mol. The molecule has 0 unspecified atom stereocenters. The summed E-state index contributed by atoms with van der Waals surface area (Å²) in [6.07, 6.45) is 6.25. The van der Waals surface area contributed by atoms with Crippen molar-refractivity contribution in [1.82, 2.24) is 0 Å². The third-order valence-electron chi connectivity index (χ3n) is 4.92. The third-order valence-corrected chi connectivity index (χ3v) is 5.91. The maximum absolute atomic E-state index is 12.4. The molecule has 1 fully saturated rings. The number of carbonyl (C=O) groups excluding carboxylic acids is 1. The molecule has 0 atom stereocenters. The summed E-state index contributed by atoms with van der Waals surface area (Å²) in [5, 5.41) is 8.07. The molecule has 7 heteroatoms. The van der Waals surface area contributed by atoms with Gasteiger partial charge in [-0.3, -0.25) is 4.79 Å². The van der Waals surface area contributed by atoms with Crippen LogP contribution >= 0.6 is 0 Å². The highest BCUT2D eigenvalue weighted by atomic mass is 32.2. The number of carbonyl (C=O) groups is 1. The first-order chi connectivity index (χ1) is 11.3. The van der Waals surface area contributed by atoms with Crippen LogP contribution in [-0.4, -0.2) is 20.9 Å². The number of sulfonamides is 1. The Kier molecular flexibility index (Phi) is 6.01. The number of nitrogens with two attached hydrogens (primary N) is 2. The first-order valence-electron chi connectivity index (χ1n) is 8.45. The van der Waals surface area contributed by atoms with E-state index in [1.54, 1.807) is 12.1 Å². The van der Waals surface area contributed by atoms with Crippen LogP contribution in [0.4, 0.5) is 5.69 Å². The Morgan fingerprint density at radius 1 is 1.25 bits per heavy atom. The molecule has 0 aromatic heterocycles. The molecule has 134 valence electrons. The Morgan fingerprint density at radius 2 is 1.92 bits per heavy atom. The molecule has 1 aromatic rings. The highest BCUT2D eigenvalue weighted by Crippen LogP contribution is 2.38. The quantitative estimate of drug-likeness (QED) is 0.726. The Hall–Kier alpha value is -1.44. The van der Waals surface area contributed by atoms with E-state index in [0.29, 0.717) is 30.6 Å². The van der Waals surface area contributed by atoms with E-state index in [9.17, 15) is 13.2 Å². The Labute approximate surface area is 144 Å². The van der Waals surface area contributed by atoms with Crippen LogP contribution in [0, 0.1) is 5.41 Å². The number of primary sulfonamides is 1. The average molecular weight is 353 g/mol. The van der Waals surface area contributed by atoms with E-state index in [-0.39, 0.29) is 16.2 Å². The van der Waals surface area contributed by atoms with Gasteiger partial charge in [-0.1, -0.05) is 32.3 Å². The number of hydrogen-bond donors (Lipinski definition) is 3. The Bertz CT molecular complexity index is 695. The molecule has 6 nitrogen and oxygen atoms in total. The molecule has 0 bridgehead atoms. The maximum Gasteiger partial charge on any atom is 0.238 e. The minimum absolute atomic E-state index is 0.0639. The number of amides is 1. The van der Waals surface area contributed by atoms with Gasteiger partial charge in [-0.25, -0.2) is 13.6 Å². The van der Waals surface area contributed by atoms with Crippen LogP contribution in [-0.2, 0) is 21.2 Å². The van der Waals surface area contributed by atoms with Crippen molar-refractivity contribution in [2.24, 2.45) is 16.3 Å². The lowest BCUT2D eigenvalue weighted by atomic mass is 9.71. The van der Waals surface area contributed by atoms with Gasteiger partial charge in [-0.05, 0) is 48.9 Å². The van der Waals surface area contributed by atoms with Crippen molar-refractivity contribution in [2.75, 3.05) is 11.9 Å². The van der Waals surface area contributed by atoms with Crippen molar-refractivity contribution in [3.8, 4) is 0 Å². The van der Waals surface area contributed by atoms with Gasteiger partial charge < -0.3 is 11.1 Å². The molecule has 1 aliphatic rings. The number of aryl methyl sites for hydroxylation is 1. The Morgan fingerprint density at radius 3 is 2.46 bits per heavy atom.